The number of para-hydroxylation sites is 1. The molecule has 1 aromatic heterocycles. The van der Waals surface area contributed by atoms with Gasteiger partial charge in [-0.1, -0.05) is 19.1 Å². The van der Waals surface area contributed by atoms with Crippen LogP contribution in [-0.4, -0.2) is 45.2 Å². The molecule has 0 bridgehead atoms. The van der Waals surface area contributed by atoms with E-state index in [0.29, 0.717) is 17.6 Å². The third-order valence-corrected chi connectivity index (χ3v) is 3.92. The smallest absolute Gasteiger partial charge is 0.308 e. The SMILES string of the molecule is C[C@@H]1CN(C(=O)c2cccc3cn[nH]c23)C[C@H]1C(=O)O. The second-order valence-electron chi connectivity index (χ2n) is 5.27. The number of benzene rings is 1. The number of H-pyrrole nitrogens is 1. The maximum absolute atomic E-state index is 12.6. The number of likely N-dealkylation sites (tertiary alicyclic amines) is 1. The predicted octanol–water partition coefficient (Wildman–Crippen LogP) is 1.36. The second kappa shape index (κ2) is 4.63. The van der Waals surface area contributed by atoms with Gasteiger partial charge in [-0.05, 0) is 12.0 Å². The molecule has 3 rings (SSSR count). The summed E-state index contributed by atoms with van der Waals surface area (Å²) in [6.07, 6.45) is 1.67. The van der Waals surface area contributed by atoms with Crippen LogP contribution in [0, 0.1) is 11.8 Å². The molecule has 6 nitrogen and oxygen atoms in total. The Morgan fingerprint density at radius 3 is 2.90 bits per heavy atom. The van der Waals surface area contributed by atoms with E-state index < -0.39 is 11.9 Å². The van der Waals surface area contributed by atoms with E-state index in [1.54, 1.807) is 23.2 Å². The average molecular weight is 273 g/mol. The van der Waals surface area contributed by atoms with E-state index >= 15 is 0 Å². The molecule has 0 radical (unpaired) electrons. The summed E-state index contributed by atoms with van der Waals surface area (Å²) in [5.74, 6) is -1.50. The van der Waals surface area contributed by atoms with Crippen molar-refractivity contribution in [2.24, 2.45) is 11.8 Å². The minimum atomic E-state index is -0.840. The number of nitrogens with one attached hydrogen (secondary N) is 1. The van der Waals surface area contributed by atoms with Gasteiger partial charge in [0, 0.05) is 18.5 Å². The topological polar surface area (TPSA) is 86.3 Å². The minimum Gasteiger partial charge on any atom is -0.481 e. The van der Waals surface area contributed by atoms with Gasteiger partial charge in [-0.25, -0.2) is 0 Å². The monoisotopic (exact) mass is 273 g/mol. The number of fused-ring (bicyclic) bond motifs is 1. The number of rotatable bonds is 2. The Morgan fingerprint density at radius 2 is 2.20 bits per heavy atom. The molecule has 2 heterocycles. The van der Waals surface area contributed by atoms with Crippen molar-refractivity contribution >= 4 is 22.8 Å². The molecule has 2 aromatic rings. The fourth-order valence-corrected chi connectivity index (χ4v) is 2.77. The van der Waals surface area contributed by atoms with Crippen molar-refractivity contribution in [2.75, 3.05) is 13.1 Å². The van der Waals surface area contributed by atoms with E-state index in [2.05, 4.69) is 10.2 Å². The van der Waals surface area contributed by atoms with E-state index in [4.69, 9.17) is 5.11 Å². The summed E-state index contributed by atoms with van der Waals surface area (Å²) in [7, 11) is 0. The molecular weight excluding hydrogens is 258 g/mol. The van der Waals surface area contributed by atoms with E-state index in [-0.39, 0.29) is 18.4 Å². The van der Waals surface area contributed by atoms with Crippen LogP contribution >= 0.6 is 0 Å². The van der Waals surface area contributed by atoms with Crippen LogP contribution in [0.5, 0.6) is 0 Å². The number of hydrogen-bond donors (Lipinski definition) is 2. The van der Waals surface area contributed by atoms with Gasteiger partial charge in [-0.15, -0.1) is 0 Å². The van der Waals surface area contributed by atoms with Gasteiger partial charge < -0.3 is 10.0 Å². The summed E-state index contributed by atoms with van der Waals surface area (Å²) in [6.45, 7) is 2.60. The van der Waals surface area contributed by atoms with Gasteiger partial charge in [0.2, 0.25) is 0 Å². The van der Waals surface area contributed by atoms with E-state index in [1.807, 2.05) is 13.0 Å². The lowest BCUT2D eigenvalue weighted by Gasteiger charge is -2.16. The summed E-state index contributed by atoms with van der Waals surface area (Å²) in [4.78, 5) is 25.3. The van der Waals surface area contributed by atoms with Crippen molar-refractivity contribution < 1.29 is 14.7 Å². The maximum Gasteiger partial charge on any atom is 0.308 e. The highest BCUT2D eigenvalue weighted by Gasteiger charge is 2.37. The zero-order valence-electron chi connectivity index (χ0n) is 11.0. The van der Waals surface area contributed by atoms with Crippen LogP contribution in [0.4, 0.5) is 0 Å². The van der Waals surface area contributed by atoms with Gasteiger partial charge in [-0.3, -0.25) is 14.7 Å². The standard InChI is InChI=1S/C14H15N3O3/c1-8-6-17(7-11(8)14(19)20)13(18)10-4-2-3-9-5-15-16-12(9)10/h2-5,8,11H,6-7H2,1H3,(H,15,16)(H,19,20)/t8-,11-/m1/s1. The Bertz CT molecular complexity index is 679. The van der Waals surface area contributed by atoms with E-state index in [9.17, 15) is 9.59 Å². The van der Waals surface area contributed by atoms with Crippen molar-refractivity contribution in [3.63, 3.8) is 0 Å². The fraction of sp³-hybridized carbons (Fsp3) is 0.357. The first-order valence-corrected chi connectivity index (χ1v) is 6.52. The number of aromatic amines is 1. The maximum atomic E-state index is 12.6. The van der Waals surface area contributed by atoms with Crippen molar-refractivity contribution in [3.8, 4) is 0 Å². The highest BCUT2D eigenvalue weighted by molar-refractivity contribution is 6.05. The molecule has 0 unspecified atom stereocenters. The Balaban J connectivity index is 1.90. The molecule has 2 atom stereocenters. The molecule has 1 saturated heterocycles. The van der Waals surface area contributed by atoms with Gasteiger partial charge in [-0.2, -0.15) is 5.10 Å². The Kier molecular flexibility index (Phi) is 2.93. The average Bonchev–Trinajstić information content (AvgIpc) is 3.03. The molecule has 6 heteroatoms. The summed E-state index contributed by atoms with van der Waals surface area (Å²) >= 11 is 0. The lowest BCUT2D eigenvalue weighted by Crippen LogP contribution is -2.30. The van der Waals surface area contributed by atoms with Crippen LogP contribution in [0.3, 0.4) is 0 Å². The molecule has 2 N–H and O–H groups in total. The molecule has 0 spiro atoms. The number of carboxylic acid groups (broad SMARTS) is 1. The zero-order chi connectivity index (χ0) is 14.3. The highest BCUT2D eigenvalue weighted by atomic mass is 16.4. The molecular formula is C14H15N3O3. The molecule has 0 aliphatic carbocycles. The largest absolute Gasteiger partial charge is 0.481 e. The van der Waals surface area contributed by atoms with E-state index in [0.717, 1.165) is 5.39 Å². The van der Waals surface area contributed by atoms with Gasteiger partial charge >= 0.3 is 5.97 Å². The number of amides is 1. The van der Waals surface area contributed by atoms with Crippen molar-refractivity contribution in [1.29, 1.82) is 0 Å². The Hall–Kier alpha value is -2.37. The molecule has 104 valence electrons. The number of aromatic nitrogens is 2. The Morgan fingerprint density at radius 1 is 1.40 bits per heavy atom. The summed E-state index contributed by atoms with van der Waals surface area (Å²) in [5, 5.41) is 16.8. The van der Waals surface area contributed by atoms with Crippen LogP contribution < -0.4 is 0 Å². The summed E-state index contributed by atoms with van der Waals surface area (Å²) in [5.41, 5.74) is 1.24. The van der Waals surface area contributed by atoms with Gasteiger partial charge in [0.05, 0.1) is 23.2 Å². The molecule has 1 amide bonds. The van der Waals surface area contributed by atoms with Crippen LogP contribution in [-0.2, 0) is 4.79 Å². The first-order valence-electron chi connectivity index (χ1n) is 6.52. The minimum absolute atomic E-state index is 0.0302. The first-order chi connectivity index (χ1) is 9.58. The Labute approximate surface area is 115 Å². The number of carbonyl (C=O) groups is 2. The molecule has 1 aromatic carbocycles. The van der Waals surface area contributed by atoms with Crippen LogP contribution in [0.2, 0.25) is 0 Å². The van der Waals surface area contributed by atoms with Crippen LogP contribution in [0.1, 0.15) is 17.3 Å². The highest BCUT2D eigenvalue weighted by Crippen LogP contribution is 2.26. The predicted molar refractivity (Wildman–Crippen MR) is 72.3 cm³/mol. The third-order valence-electron chi connectivity index (χ3n) is 3.92. The normalized spacial score (nSPS) is 22.4. The molecule has 0 saturated carbocycles. The second-order valence-corrected chi connectivity index (χ2v) is 5.27. The van der Waals surface area contributed by atoms with Crippen LogP contribution in [0.25, 0.3) is 10.9 Å². The fourth-order valence-electron chi connectivity index (χ4n) is 2.77. The number of aliphatic carboxylic acids is 1. The lowest BCUT2D eigenvalue weighted by molar-refractivity contribution is -0.142. The lowest BCUT2D eigenvalue weighted by atomic mass is 9.99. The number of carbonyl (C=O) groups excluding carboxylic acids is 1. The first kappa shape index (κ1) is 12.7. The number of hydrogen-bond acceptors (Lipinski definition) is 3. The summed E-state index contributed by atoms with van der Waals surface area (Å²) < 4.78 is 0. The number of nitrogens with zero attached hydrogens (tertiary/aromatic N) is 2. The molecule has 20 heavy (non-hydrogen) atoms. The van der Waals surface area contributed by atoms with Crippen molar-refractivity contribution in [2.45, 2.75) is 6.92 Å². The number of carboxylic acids is 1. The van der Waals surface area contributed by atoms with Crippen molar-refractivity contribution in [3.05, 3.63) is 30.0 Å². The van der Waals surface area contributed by atoms with E-state index in [1.165, 1.54) is 0 Å². The van der Waals surface area contributed by atoms with Gasteiger partial charge in [0.15, 0.2) is 0 Å². The van der Waals surface area contributed by atoms with Crippen molar-refractivity contribution in [1.82, 2.24) is 15.1 Å². The van der Waals surface area contributed by atoms with Gasteiger partial charge in [0.1, 0.15) is 0 Å². The quantitative estimate of drug-likeness (QED) is 0.865. The van der Waals surface area contributed by atoms with Gasteiger partial charge in [0.25, 0.3) is 5.91 Å². The molecule has 1 aliphatic heterocycles. The third kappa shape index (κ3) is 1.93. The molecule has 1 aliphatic rings. The molecule has 1 fully saturated rings. The zero-order valence-corrected chi connectivity index (χ0v) is 11.0. The van der Waals surface area contributed by atoms with Crippen LogP contribution in [0.15, 0.2) is 24.4 Å². The summed E-state index contributed by atoms with van der Waals surface area (Å²) in [6, 6.07) is 5.42.